The number of hydrogen-bond donors (Lipinski definition) is 1. The number of nitrogens with zero attached hydrogens (tertiary/aromatic N) is 1. The van der Waals surface area contributed by atoms with Crippen molar-refractivity contribution in [3.05, 3.63) is 63.9 Å². The van der Waals surface area contributed by atoms with Crippen LogP contribution in [0, 0.1) is 5.82 Å². The number of anilines is 1. The molecule has 2 amide bonds. The summed E-state index contributed by atoms with van der Waals surface area (Å²) in [6.45, 7) is 2.06. The molecule has 0 unspecified atom stereocenters. The van der Waals surface area contributed by atoms with Gasteiger partial charge in [0.2, 0.25) is 11.8 Å². The first kappa shape index (κ1) is 20.2. The molecule has 26 heavy (non-hydrogen) atoms. The Bertz CT molecular complexity index is 782. The van der Waals surface area contributed by atoms with Crippen LogP contribution in [-0.4, -0.2) is 24.9 Å². The molecule has 2 aromatic carbocycles. The zero-order chi connectivity index (χ0) is 19.1. The lowest BCUT2D eigenvalue weighted by Crippen LogP contribution is -2.34. The van der Waals surface area contributed by atoms with Crippen molar-refractivity contribution < 1.29 is 14.0 Å². The number of rotatable bonds is 7. The van der Waals surface area contributed by atoms with Crippen LogP contribution in [-0.2, 0) is 16.0 Å². The minimum atomic E-state index is -0.557. The maximum atomic E-state index is 13.3. The highest BCUT2D eigenvalue weighted by Gasteiger charge is 2.15. The van der Waals surface area contributed by atoms with Crippen molar-refractivity contribution in [2.75, 3.05) is 18.0 Å². The van der Waals surface area contributed by atoms with Gasteiger partial charge in [-0.25, -0.2) is 4.39 Å². The Morgan fingerprint density at radius 3 is 2.42 bits per heavy atom. The van der Waals surface area contributed by atoms with Crippen molar-refractivity contribution in [2.24, 2.45) is 0 Å². The van der Waals surface area contributed by atoms with Crippen molar-refractivity contribution in [3.8, 4) is 0 Å². The molecule has 0 fully saturated rings. The molecule has 0 radical (unpaired) electrons. The van der Waals surface area contributed by atoms with Gasteiger partial charge in [0.25, 0.3) is 0 Å². The summed E-state index contributed by atoms with van der Waals surface area (Å²) >= 11 is 11.6. The van der Waals surface area contributed by atoms with E-state index in [0.29, 0.717) is 23.7 Å². The minimum Gasteiger partial charge on any atom is -0.356 e. The Hall–Kier alpha value is -2.11. The SMILES string of the molecule is CC(=O)N(CCC(=O)NCCc1ccc(Cl)cc1)c1ccc(F)c(Cl)c1. The third kappa shape index (κ3) is 6.00. The summed E-state index contributed by atoms with van der Waals surface area (Å²) in [6.07, 6.45) is 0.822. The number of benzene rings is 2. The Labute approximate surface area is 161 Å². The summed E-state index contributed by atoms with van der Waals surface area (Å²) in [4.78, 5) is 25.2. The molecular weight excluding hydrogens is 378 g/mol. The lowest BCUT2D eigenvalue weighted by atomic mass is 10.1. The smallest absolute Gasteiger partial charge is 0.223 e. The van der Waals surface area contributed by atoms with Gasteiger partial charge in [0.05, 0.1) is 5.02 Å². The van der Waals surface area contributed by atoms with Crippen molar-refractivity contribution in [1.82, 2.24) is 5.32 Å². The molecule has 0 spiro atoms. The molecular formula is C19H19Cl2FN2O2. The highest BCUT2D eigenvalue weighted by molar-refractivity contribution is 6.31. The van der Waals surface area contributed by atoms with Gasteiger partial charge < -0.3 is 10.2 Å². The van der Waals surface area contributed by atoms with E-state index in [1.807, 2.05) is 12.1 Å². The topological polar surface area (TPSA) is 49.4 Å². The van der Waals surface area contributed by atoms with E-state index < -0.39 is 5.82 Å². The van der Waals surface area contributed by atoms with Crippen LogP contribution < -0.4 is 10.2 Å². The van der Waals surface area contributed by atoms with Crippen molar-refractivity contribution >= 4 is 40.7 Å². The zero-order valence-corrected chi connectivity index (χ0v) is 15.8. The Kier molecular flexibility index (Phi) is 7.42. The molecule has 0 aliphatic carbocycles. The molecule has 0 aliphatic heterocycles. The molecule has 0 saturated heterocycles. The number of carbonyl (C=O) groups excluding carboxylic acids is 2. The molecule has 2 rings (SSSR count). The summed E-state index contributed by atoms with van der Waals surface area (Å²) in [6, 6.07) is 11.4. The lowest BCUT2D eigenvalue weighted by Gasteiger charge is -2.21. The minimum absolute atomic E-state index is 0.0684. The molecule has 0 aromatic heterocycles. The largest absolute Gasteiger partial charge is 0.356 e. The number of halogens is 3. The molecule has 2 aromatic rings. The third-order valence-corrected chi connectivity index (χ3v) is 4.35. The number of carbonyl (C=O) groups is 2. The lowest BCUT2D eigenvalue weighted by molar-refractivity contribution is -0.121. The predicted octanol–water partition coefficient (Wildman–Crippen LogP) is 4.23. The van der Waals surface area contributed by atoms with Gasteiger partial charge in [-0.3, -0.25) is 9.59 Å². The van der Waals surface area contributed by atoms with E-state index in [2.05, 4.69) is 5.32 Å². The molecule has 0 bridgehead atoms. The van der Waals surface area contributed by atoms with E-state index in [0.717, 1.165) is 5.56 Å². The summed E-state index contributed by atoms with van der Waals surface area (Å²) in [5.74, 6) is -0.973. The van der Waals surface area contributed by atoms with Gasteiger partial charge in [-0.2, -0.15) is 0 Å². The predicted molar refractivity (Wildman–Crippen MR) is 102 cm³/mol. The molecule has 1 N–H and O–H groups in total. The maximum Gasteiger partial charge on any atom is 0.223 e. The van der Waals surface area contributed by atoms with E-state index in [-0.39, 0.29) is 29.8 Å². The first-order valence-electron chi connectivity index (χ1n) is 8.11. The van der Waals surface area contributed by atoms with Crippen LogP contribution in [0.4, 0.5) is 10.1 Å². The van der Waals surface area contributed by atoms with Gasteiger partial charge in [0.1, 0.15) is 5.82 Å². The second-order valence-corrected chi connectivity index (χ2v) is 6.59. The highest BCUT2D eigenvalue weighted by atomic mass is 35.5. The van der Waals surface area contributed by atoms with Crippen LogP contribution in [0.2, 0.25) is 10.0 Å². The fourth-order valence-corrected chi connectivity index (χ4v) is 2.72. The quantitative estimate of drug-likeness (QED) is 0.760. The summed E-state index contributed by atoms with van der Waals surface area (Å²) in [7, 11) is 0. The van der Waals surface area contributed by atoms with Crippen molar-refractivity contribution in [1.29, 1.82) is 0 Å². The summed E-state index contributed by atoms with van der Waals surface area (Å²) < 4.78 is 13.3. The van der Waals surface area contributed by atoms with E-state index in [9.17, 15) is 14.0 Å². The molecule has 0 heterocycles. The van der Waals surface area contributed by atoms with Gasteiger partial charge in [-0.1, -0.05) is 35.3 Å². The van der Waals surface area contributed by atoms with Crippen LogP contribution in [0.5, 0.6) is 0 Å². The van der Waals surface area contributed by atoms with Crippen LogP contribution in [0.25, 0.3) is 0 Å². The summed E-state index contributed by atoms with van der Waals surface area (Å²) in [5.41, 5.74) is 1.53. The first-order chi connectivity index (χ1) is 12.4. The molecule has 0 atom stereocenters. The molecule has 7 heteroatoms. The fraction of sp³-hybridized carbons (Fsp3) is 0.263. The molecule has 0 saturated carbocycles. The van der Waals surface area contributed by atoms with Crippen LogP contribution in [0.1, 0.15) is 18.9 Å². The first-order valence-corrected chi connectivity index (χ1v) is 8.86. The van der Waals surface area contributed by atoms with Crippen molar-refractivity contribution in [3.63, 3.8) is 0 Å². The average Bonchev–Trinajstić information content (AvgIpc) is 2.59. The van der Waals surface area contributed by atoms with Gasteiger partial charge in [-0.15, -0.1) is 0 Å². The number of nitrogens with one attached hydrogen (secondary N) is 1. The van der Waals surface area contributed by atoms with Gasteiger partial charge in [0.15, 0.2) is 0 Å². The van der Waals surface area contributed by atoms with Crippen LogP contribution in [0.15, 0.2) is 42.5 Å². The van der Waals surface area contributed by atoms with E-state index in [1.165, 1.54) is 30.0 Å². The molecule has 138 valence electrons. The standard InChI is InChI=1S/C19H19Cl2FN2O2/c1-13(25)24(16-6-7-18(22)17(21)12-16)11-9-19(26)23-10-8-14-2-4-15(20)5-3-14/h2-7,12H,8-11H2,1H3,(H,23,26). The van der Waals surface area contributed by atoms with Gasteiger partial charge >= 0.3 is 0 Å². The van der Waals surface area contributed by atoms with E-state index >= 15 is 0 Å². The Balaban J connectivity index is 1.84. The van der Waals surface area contributed by atoms with Crippen LogP contribution in [0.3, 0.4) is 0 Å². The highest BCUT2D eigenvalue weighted by Crippen LogP contribution is 2.23. The van der Waals surface area contributed by atoms with E-state index in [4.69, 9.17) is 23.2 Å². The normalized spacial score (nSPS) is 10.5. The van der Waals surface area contributed by atoms with Gasteiger partial charge in [0, 0.05) is 37.1 Å². The second-order valence-electron chi connectivity index (χ2n) is 5.75. The van der Waals surface area contributed by atoms with Crippen LogP contribution >= 0.6 is 23.2 Å². The molecule has 0 aliphatic rings. The maximum absolute atomic E-state index is 13.3. The average molecular weight is 397 g/mol. The summed E-state index contributed by atoms with van der Waals surface area (Å²) in [5, 5.41) is 3.42. The number of amides is 2. The molecule has 4 nitrogen and oxygen atoms in total. The monoisotopic (exact) mass is 396 g/mol. The van der Waals surface area contributed by atoms with Crippen molar-refractivity contribution in [2.45, 2.75) is 19.8 Å². The second kappa shape index (κ2) is 9.55. The van der Waals surface area contributed by atoms with Gasteiger partial charge in [-0.05, 0) is 42.3 Å². The zero-order valence-electron chi connectivity index (χ0n) is 14.3. The number of hydrogen-bond acceptors (Lipinski definition) is 2. The fourth-order valence-electron chi connectivity index (χ4n) is 2.42. The van der Waals surface area contributed by atoms with E-state index in [1.54, 1.807) is 12.1 Å². The Morgan fingerprint density at radius 1 is 1.12 bits per heavy atom. The third-order valence-electron chi connectivity index (χ3n) is 3.81. The Morgan fingerprint density at radius 2 is 1.81 bits per heavy atom.